The van der Waals surface area contributed by atoms with Gasteiger partial charge in [0.15, 0.2) is 0 Å². The molecule has 1 heterocycles. The lowest BCUT2D eigenvalue weighted by molar-refractivity contribution is -0.138. The molecule has 1 saturated heterocycles. The minimum Gasteiger partial charge on any atom is -0.491 e. The first-order valence-electron chi connectivity index (χ1n) is 7.95. The van der Waals surface area contributed by atoms with Gasteiger partial charge in [-0.2, -0.15) is 0 Å². The Morgan fingerprint density at radius 3 is 2.83 bits per heavy atom. The van der Waals surface area contributed by atoms with E-state index in [1.165, 1.54) is 0 Å². The van der Waals surface area contributed by atoms with Crippen molar-refractivity contribution < 1.29 is 24.1 Å². The summed E-state index contributed by atoms with van der Waals surface area (Å²) in [6, 6.07) is 9.79. The summed E-state index contributed by atoms with van der Waals surface area (Å²) in [5, 5.41) is 10.2. The lowest BCUT2D eigenvalue weighted by atomic mass is 10.1. The molecule has 1 aliphatic rings. The summed E-state index contributed by atoms with van der Waals surface area (Å²) in [7, 11) is 0. The van der Waals surface area contributed by atoms with Crippen molar-refractivity contribution in [2.75, 3.05) is 13.2 Å². The number of rotatable bonds is 7. The van der Waals surface area contributed by atoms with Crippen LogP contribution in [-0.4, -0.2) is 36.5 Å². The molecule has 0 radical (unpaired) electrons. The van der Waals surface area contributed by atoms with E-state index in [2.05, 4.69) is 0 Å². The highest BCUT2D eigenvalue weighted by atomic mass is 16.5. The van der Waals surface area contributed by atoms with Gasteiger partial charge < -0.3 is 19.3 Å². The zero-order valence-corrected chi connectivity index (χ0v) is 13.7. The van der Waals surface area contributed by atoms with E-state index in [1.54, 1.807) is 13.8 Å². The third-order valence-corrected chi connectivity index (χ3v) is 3.78. The minimum absolute atomic E-state index is 0.200. The molecule has 0 amide bonds. The average Bonchev–Trinajstić information content (AvgIpc) is 3.05. The van der Waals surface area contributed by atoms with Crippen LogP contribution in [0.3, 0.4) is 0 Å². The number of ether oxygens (including phenoxy) is 3. The Bertz CT molecular complexity index is 538. The molecule has 126 valence electrons. The molecule has 1 aromatic carbocycles. The second-order valence-corrected chi connectivity index (χ2v) is 5.53. The summed E-state index contributed by atoms with van der Waals surface area (Å²) in [5.41, 5.74) is 1.54. The number of esters is 1. The molecule has 1 aliphatic heterocycles. The molecule has 0 spiro atoms. The Balaban J connectivity index is 1.79. The summed E-state index contributed by atoms with van der Waals surface area (Å²) in [4.78, 5) is 11.7. The number of benzene rings is 1. The van der Waals surface area contributed by atoms with Crippen molar-refractivity contribution in [1.29, 1.82) is 0 Å². The van der Waals surface area contributed by atoms with Gasteiger partial charge in [-0.1, -0.05) is 30.3 Å². The first-order valence-corrected chi connectivity index (χ1v) is 7.95. The van der Waals surface area contributed by atoms with E-state index in [9.17, 15) is 9.90 Å². The number of allylic oxidation sites excluding steroid dienone is 1. The highest BCUT2D eigenvalue weighted by Crippen LogP contribution is 2.28. The van der Waals surface area contributed by atoms with Crippen LogP contribution in [-0.2, 0) is 25.6 Å². The Labute approximate surface area is 136 Å². The van der Waals surface area contributed by atoms with Crippen LogP contribution < -0.4 is 0 Å². The van der Waals surface area contributed by atoms with Crippen LogP contribution in [0.25, 0.3) is 0 Å². The van der Waals surface area contributed by atoms with Crippen molar-refractivity contribution >= 4 is 5.97 Å². The number of hydrogen-bond donors (Lipinski definition) is 1. The summed E-state index contributed by atoms with van der Waals surface area (Å²) in [5.74, 6) is 0.244. The normalized spacial score (nSPS) is 20.7. The lowest BCUT2D eigenvalue weighted by Crippen LogP contribution is -2.29. The standard InChI is InChI=1S/C18H24O5/c1-3-22-18(20)13(2)16-9-10-17(23-16)15(19)12-21-11-14-7-5-4-6-8-14/h4-8,15,17,19H,3,9-12H2,1-2H3/b16-13-/t15-,17-/m1/s1. The number of carbonyl (C=O) groups is 1. The minimum atomic E-state index is -0.716. The van der Waals surface area contributed by atoms with Crippen molar-refractivity contribution in [2.24, 2.45) is 0 Å². The van der Waals surface area contributed by atoms with E-state index in [0.717, 1.165) is 5.56 Å². The van der Waals surface area contributed by atoms with E-state index >= 15 is 0 Å². The fourth-order valence-electron chi connectivity index (χ4n) is 2.45. The SMILES string of the molecule is CCOC(=O)/C(C)=C1/CC[C@H]([C@H](O)COCc2ccccc2)O1. The summed E-state index contributed by atoms with van der Waals surface area (Å²) >= 11 is 0. The van der Waals surface area contributed by atoms with Gasteiger partial charge in [0.2, 0.25) is 0 Å². The molecule has 1 fully saturated rings. The van der Waals surface area contributed by atoms with E-state index in [-0.39, 0.29) is 18.7 Å². The monoisotopic (exact) mass is 320 g/mol. The summed E-state index contributed by atoms with van der Waals surface area (Å²) in [6.45, 7) is 4.44. The molecule has 5 nitrogen and oxygen atoms in total. The fraction of sp³-hybridized carbons (Fsp3) is 0.500. The van der Waals surface area contributed by atoms with Crippen LogP contribution in [0.15, 0.2) is 41.7 Å². The van der Waals surface area contributed by atoms with Gasteiger partial charge in [0.25, 0.3) is 0 Å². The van der Waals surface area contributed by atoms with Crippen LogP contribution in [0.1, 0.15) is 32.3 Å². The van der Waals surface area contributed by atoms with Gasteiger partial charge in [-0.05, 0) is 25.8 Å². The molecule has 5 heteroatoms. The quantitative estimate of drug-likeness (QED) is 0.618. The van der Waals surface area contributed by atoms with Crippen molar-refractivity contribution in [3.8, 4) is 0 Å². The molecule has 0 bridgehead atoms. The molecule has 0 aromatic heterocycles. The predicted octanol–water partition coefficient (Wildman–Crippen LogP) is 2.58. The zero-order chi connectivity index (χ0) is 16.7. The molecule has 1 N–H and O–H groups in total. The Hall–Kier alpha value is -1.85. The summed E-state index contributed by atoms with van der Waals surface area (Å²) < 4.78 is 16.2. The van der Waals surface area contributed by atoms with Gasteiger partial charge in [-0.3, -0.25) is 0 Å². The van der Waals surface area contributed by atoms with Crippen molar-refractivity contribution in [3.63, 3.8) is 0 Å². The van der Waals surface area contributed by atoms with Crippen molar-refractivity contribution in [2.45, 2.75) is 45.5 Å². The van der Waals surface area contributed by atoms with Crippen molar-refractivity contribution in [1.82, 2.24) is 0 Å². The van der Waals surface area contributed by atoms with Crippen molar-refractivity contribution in [3.05, 3.63) is 47.2 Å². The number of aliphatic hydroxyl groups excluding tert-OH is 1. The van der Waals surface area contributed by atoms with Crippen LogP contribution in [0.2, 0.25) is 0 Å². The number of hydrogen-bond acceptors (Lipinski definition) is 5. The third kappa shape index (κ3) is 5.08. The first-order chi connectivity index (χ1) is 11.1. The van der Waals surface area contributed by atoms with Crippen LogP contribution in [0.5, 0.6) is 0 Å². The third-order valence-electron chi connectivity index (χ3n) is 3.78. The lowest BCUT2D eigenvalue weighted by Gasteiger charge is -2.18. The molecular formula is C18H24O5. The topological polar surface area (TPSA) is 65.0 Å². The summed E-state index contributed by atoms with van der Waals surface area (Å²) in [6.07, 6.45) is 0.240. The molecular weight excluding hydrogens is 296 g/mol. The zero-order valence-electron chi connectivity index (χ0n) is 13.7. The predicted molar refractivity (Wildman–Crippen MR) is 85.5 cm³/mol. The van der Waals surface area contributed by atoms with Gasteiger partial charge in [0, 0.05) is 6.42 Å². The van der Waals surface area contributed by atoms with Gasteiger partial charge >= 0.3 is 5.97 Å². The van der Waals surface area contributed by atoms with Crippen LogP contribution in [0.4, 0.5) is 0 Å². The fourth-order valence-corrected chi connectivity index (χ4v) is 2.45. The van der Waals surface area contributed by atoms with Crippen LogP contribution >= 0.6 is 0 Å². The molecule has 0 unspecified atom stereocenters. The molecule has 1 aromatic rings. The molecule has 2 rings (SSSR count). The van der Waals surface area contributed by atoms with E-state index in [4.69, 9.17) is 14.2 Å². The Kier molecular flexibility index (Phi) is 6.62. The molecule has 2 atom stereocenters. The van der Waals surface area contributed by atoms with E-state index in [0.29, 0.717) is 37.4 Å². The number of carbonyl (C=O) groups excluding carboxylic acids is 1. The Morgan fingerprint density at radius 2 is 2.13 bits per heavy atom. The average molecular weight is 320 g/mol. The molecule has 23 heavy (non-hydrogen) atoms. The van der Waals surface area contributed by atoms with Gasteiger partial charge in [-0.15, -0.1) is 0 Å². The van der Waals surface area contributed by atoms with Crippen LogP contribution in [0, 0.1) is 0 Å². The van der Waals surface area contributed by atoms with E-state index in [1.807, 2.05) is 30.3 Å². The molecule has 0 saturated carbocycles. The Morgan fingerprint density at radius 1 is 1.39 bits per heavy atom. The van der Waals surface area contributed by atoms with Gasteiger partial charge in [0.05, 0.1) is 25.4 Å². The first kappa shape index (κ1) is 17.5. The maximum absolute atomic E-state index is 11.7. The smallest absolute Gasteiger partial charge is 0.337 e. The van der Waals surface area contributed by atoms with E-state index < -0.39 is 6.10 Å². The van der Waals surface area contributed by atoms with Gasteiger partial charge in [-0.25, -0.2) is 4.79 Å². The maximum atomic E-state index is 11.7. The second-order valence-electron chi connectivity index (χ2n) is 5.53. The number of aliphatic hydroxyl groups is 1. The van der Waals surface area contributed by atoms with Gasteiger partial charge in [0.1, 0.15) is 18.0 Å². The largest absolute Gasteiger partial charge is 0.491 e. The molecule has 0 aliphatic carbocycles. The highest BCUT2D eigenvalue weighted by molar-refractivity contribution is 5.88. The second kappa shape index (κ2) is 8.70. The maximum Gasteiger partial charge on any atom is 0.337 e. The highest BCUT2D eigenvalue weighted by Gasteiger charge is 2.30.